The molecule has 0 radical (unpaired) electrons. The minimum absolute atomic E-state index is 0.00175. The molecule has 1 fully saturated rings. The predicted octanol–water partition coefficient (Wildman–Crippen LogP) is 2.19. The normalized spacial score (nSPS) is 18.3. The second kappa shape index (κ2) is 5.95. The van der Waals surface area contributed by atoms with Gasteiger partial charge in [0.2, 0.25) is 5.91 Å². The maximum atomic E-state index is 12.3. The average molecular weight is 321 g/mol. The molecule has 7 heteroatoms. The molecule has 5 nitrogen and oxygen atoms in total. The first-order valence-electron chi connectivity index (χ1n) is 6.72. The molecule has 0 bridgehead atoms. The van der Waals surface area contributed by atoms with E-state index in [0.717, 1.165) is 15.6 Å². The molecule has 2 aromatic rings. The Bertz CT molecular complexity index is 654. The quantitative estimate of drug-likeness (QED) is 0.910. The Hall–Kier alpha value is -1.73. The van der Waals surface area contributed by atoms with Crippen LogP contribution in [0.3, 0.4) is 0 Å². The Balaban J connectivity index is 1.71. The summed E-state index contributed by atoms with van der Waals surface area (Å²) in [5, 5.41) is 8.62. The summed E-state index contributed by atoms with van der Waals surface area (Å²) in [5.41, 5.74) is 0.751. The summed E-state index contributed by atoms with van der Waals surface area (Å²) in [6.07, 6.45) is 1.15. The Morgan fingerprint density at radius 1 is 1.52 bits per heavy atom. The van der Waals surface area contributed by atoms with Gasteiger partial charge in [0.05, 0.1) is 10.6 Å². The highest BCUT2D eigenvalue weighted by Gasteiger charge is 2.23. The summed E-state index contributed by atoms with van der Waals surface area (Å²) in [7, 11) is 0. The fourth-order valence-corrected chi connectivity index (χ4v) is 3.99. The fourth-order valence-electron chi connectivity index (χ4n) is 2.22. The molecular weight excluding hydrogens is 306 g/mol. The highest BCUT2D eigenvalue weighted by molar-refractivity contribution is 7.22. The van der Waals surface area contributed by atoms with Gasteiger partial charge in [0.1, 0.15) is 9.88 Å². The van der Waals surface area contributed by atoms with E-state index in [0.29, 0.717) is 24.3 Å². The molecule has 3 rings (SSSR count). The maximum Gasteiger partial charge on any atom is 0.263 e. The first-order chi connectivity index (χ1) is 10.1. The van der Waals surface area contributed by atoms with Crippen LogP contribution in [-0.2, 0) is 4.79 Å². The molecule has 2 aromatic heterocycles. The predicted molar refractivity (Wildman–Crippen MR) is 83.7 cm³/mol. The van der Waals surface area contributed by atoms with Crippen molar-refractivity contribution in [3.8, 4) is 9.88 Å². The highest BCUT2D eigenvalue weighted by Crippen LogP contribution is 2.31. The number of aryl methyl sites for hydroxylation is 1. The number of thiophene rings is 1. The van der Waals surface area contributed by atoms with E-state index >= 15 is 0 Å². The maximum absolute atomic E-state index is 12.3. The van der Waals surface area contributed by atoms with E-state index in [1.165, 1.54) is 11.3 Å². The molecule has 0 spiro atoms. The molecule has 3 heterocycles. The molecule has 21 heavy (non-hydrogen) atoms. The van der Waals surface area contributed by atoms with Gasteiger partial charge < -0.3 is 10.6 Å². The van der Waals surface area contributed by atoms with Gasteiger partial charge in [0, 0.05) is 19.0 Å². The minimum atomic E-state index is -0.103. The van der Waals surface area contributed by atoms with E-state index in [9.17, 15) is 9.59 Å². The number of nitrogens with zero attached hydrogens (tertiary/aromatic N) is 1. The molecule has 1 saturated heterocycles. The first kappa shape index (κ1) is 14.2. The van der Waals surface area contributed by atoms with Crippen molar-refractivity contribution in [1.29, 1.82) is 0 Å². The summed E-state index contributed by atoms with van der Waals surface area (Å²) in [4.78, 5) is 29.7. The lowest BCUT2D eigenvalue weighted by Gasteiger charge is -2.23. The molecule has 0 saturated carbocycles. The Morgan fingerprint density at radius 2 is 2.38 bits per heavy atom. The second-order valence-corrected chi connectivity index (χ2v) is 6.87. The van der Waals surface area contributed by atoms with Crippen molar-refractivity contribution < 1.29 is 9.59 Å². The molecule has 0 aromatic carbocycles. The van der Waals surface area contributed by atoms with Gasteiger partial charge >= 0.3 is 0 Å². The number of thiazole rings is 1. The monoisotopic (exact) mass is 321 g/mol. The van der Waals surface area contributed by atoms with Gasteiger partial charge in [-0.25, -0.2) is 4.98 Å². The summed E-state index contributed by atoms with van der Waals surface area (Å²) < 4.78 is 0. The number of amides is 2. The van der Waals surface area contributed by atoms with Crippen LogP contribution in [0.5, 0.6) is 0 Å². The number of aromatic nitrogens is 1. The van der Waals surface area contributed by atoms with Crippen LogP contribution in [0, 0.1) is 6.92 Å². The molecule has 2 N–H and O–H groups in total. The van der Waals surface area contributed by atoms with Gasteiger partial charge in [-0.15, -0.1) is 22.7 Å². The zero-order valence-corrected chi connectivity index (χ0v) is 13.1. The van der Waals surface area contributed by atoms with Crippen LogP contribution in [0.25, 0.3) is 9.88 Å². The zero-order chi connectivity index (χ0) is 14.8. The standard InChI is InChI=1S/C14H15N3O2S2/c1-8-12(21-14(16-8)10-3-2-6-20-10)13(19)17-9-4-5-11(18)15-7-9/h2-3,6,9H,4-5,7H2,1H3,(H,15,18)(H,17,19). The second-order valence-electron chi connectivity index (χ2n) is 4.92. The van der Waals surface area contributed by atoms with E-state index in [2.05, 4.69) is 15.6 Å². The van der Waals surface area contributed by atoms with Crippen LogP contribution >= 0.6 is 22.7 Å². The summed E-state index contributed by atoms with van der Waals surface area (Å²) >= 11 is 3.03. The molecule has 1 atom stereocenters. The smallest absolute Gasteiger partial charge is 0.263 e. The Labute approximate surface area is 130 Å². The molecule has 2 amide bonds. The first-order valence-corrected chi connectivity index (χ1v) is 8.42. The lowest BCUT2D eigenvalue weighted by Crippen LogP contribution is -2.47. The van der Waals surface area contributed by atoms with Gasteiger partial charge in [0.15, 0.2) is 0 Å². The number of nitrogens with one attached hydrogen (secondary N) is 2. The van der Waals surface area contributed by atoms with Crippen LogP contribution in [0.1, 0.15) is 28.2 Å². The summed E-state index contributed by atoms with van der Waals surface area (Å²) in [6.45, 7) is 2.35. The van der Waals surface area contributed by atoms with Crippen LogP contribution in [-0.4, -0.2) is 29.4 Å². The number of carbonyl (C=O) groups excluding carboxylic acids is 2. The van der Waals surface area contributed by atoms with Gasteiger partial charge in [-0.2, -0.15) is 0 Å². The Morgan fingerprint density at radius 3 is 3.05 bits per heavy atom. The third kappa shape index (κ3) is 3.14. The number of rotatable bonds is 3. The molecule has 110 valence electrons. The van der Waals surface area contributed by atoms with Crippen molar-refractivity contribution in [2.75, 3.05) is 6.54 Å². The molecule has 0 aliphatic carbocycles. The van der Waals surface area contributed by atoms with Crippen LogP contribution < -0.4 is 10.6 Å². The lowest BCUT2D eigenvalue weighted by atomic mass is 10.1. The number of hydrogen-bond acceptors (Lipinski definition) is 5. The van der Waals surface area contributed by atoms with E-state index < -0.39 is 0 Å². The average Bonchev–Trinajstić information content (AvgIpc) is 3.10. The van der Waals surface area contributed by atoms with Crippen molar-refractivity contribution in [1.82, 2.24) is 15.6 Å². The third-order valence-corrected chi connectivity index (χ3v) is 5.53. The van der Waals surface area contributed by atoms with Gasteiger partial charge in [-0.1, -0.05) is 6.07 Å². The van der Waals surface area contributed by atoms with E-state index in [4.69, 9.17) is 0 Å². The topological polar surface area (TPSA) is 71.1 Å². The largest absolute Gasteiger partial charge is 0.354 e. The fraction of sp³-hybridized carbons (Fsp3) is 0.357. The minimum Gasteiger partial charge on any atom is -0.354 e. The van der Waals surface area contributed by atoms with Crippen molar-refractivity contribution in [3.05, 3.63) is 28.1 Å². The van der Waals surface area contributed by atoms with E-state index in [1.807, 2.05) is 24.4 Å². The highest BCUT2D eigenvalue weighted by atomic mass is 32.1. The summed E-state index contributed by atoms with van der Waals surface area (Å²) in [6, 6.07) is 3.98. The van der Waals surface area contributed by atoms with Gasteiger partial charge in [-0.05, 0) is 24.8 Å². The van der Waals surface area contributed by atoms with Crippen LogP contribution in [0.4, 0.5) is 0 Å². The number of hydrogen-bond donors (Lipinski definition) is 2. The third-order valence-electron chi connectivity index (χ3n) is 3.34. The van der Waals surface area contributed by atoms with Crippen molar-refractivity contribution in [2.24, 2.45) is 0 Å². The molecular formula is C14H15N3O2S2. The SMILES string of the molecule is Cc1nc(-c2cccs2)sc1C(=O)NC1CCC(=O)NC1. The number of piperidine rings is 1. The van der Waals surface area contributed by atoms with E-state index in [-0.39, 0.29) is 17.9 Å². The molecule has 1 aliphatic heterocycles. The van der Waals surface area contributed by atoms with Crippen molar-refractivity contribution >= 4 is 34.5 Å². The van der Waals surface area contributed by atoms with E-state index in [1.54, 1.807) is 11.3 Å². The van der Waals surface area contributed by atoms with Gasteiger partial charge in [-0.3, -0.25) is 9.59 Å². The van der Waals surface area contributed by atoms with Crippen LogP contribution in [0.15, 0.2) is 17.5 Å². The zero-order valence-electron chi connectivity index (χ0n) is 11.5. The Kier molecular flexibility index (Phi) is 4.03. The lowest BCUT2D eigenvalue weighted by molar-refractivity contribution is -0.122. The van der Waals surface area contributed by atoms with Crippen LogP contribution in [0.2, 0.25) is 0 Å². The molecule has 1 unspecified atom stereocenters. The van der Waals surface area contributed by atoms with Gasteiger partial charge in [0.25, 0.3) is 5.91 Å². The molecule has 1 aliphatic rings. The van der Waals surface area contributed by atoms with Crippen molar-refractivity contribution in [3.63, 3.8) is 0 Å². The summed E-state index contributed by atoms with van der Waals surface area (Å²) in [5.74, 6) is -0.0524. The van der Waals surface area contributed by atoms with Crippen molar-refractivity contribution in [2.45, 2.75) is 25.8 Å². The number of carbonyl (C=O) groups is 2.